The van der Waals surface area contributed by atoms with Crippen molar-refractivity contribution in [3.05, 3.63) is 42.1 Å². The molecule has 13 heteroatoms. The third-order valence-electron chi connectivity index (χ3n) is 5.63. The quantitative estimate of drug-likeness (QED) is 0.611. The van der Waals surface area contributed by atoms with Crippen LogP contribution in [-0.2, 0) is 14.5 Å². The molecule has 2 N–H and O–H groups in total. The molecule has 3 atom stereocenters. The minimum atomic E-state index is -4.81. The second kappa shape index (κ2) is 8.43. The number of hydrogen-bond acceptors (Lipinski definition) is 6. The summed E-state index contributed by atoms with van der Waals surface area (Å²) in [7, 11) is -2.21. The van der Waals surface area contributed by atoms with Crippen molar-refractivity contribution in [2.45, 2.75) is 30.6 Å². The zero-order valence-corrected chi connectivity index (χ0v) is 18.6. The number of pyridine rings is 1. The summed E-state index contributed by atoms with van der Waals surface area (Å²) in [6.07, 6.45) is -3.03. The van der Waals surface area contributed by atoms with Crippen LogP contribution in [0, 0.1) is 21.8 Å². The molecule has 0 radical (unpaired) electrons. The van der Waals surface area contributed by atoms with Crippen LogP contribution in [-0.4, -0.2) is 47.2 Å². The molecule has 1 aromatic heterocycles. The molecule has 1 unspecified atom stereocenters. The fourth-order valence-electron chi connectivity index (χ4n) is 3.80. The largest absolute Gasteiger partial charge is 0.491 e. The van der Waals surface area contributed by atoms with Crippen LogP contribution < -0.4 is 15.0 Å². The minimum absolute atomic E-state index is 0.0135. The lowest BCUT2D eigenvalue weighted by Crippen LogP contribution is -2.53. The summed E-state index contributed by atoms with van der Waals surface area (Å²) < 4.78 is 94.6. The van der Waals surface area contributed by atoms with Gasteiger partial charge in [-0.25, -0.2) is 18.4 Å². The van der Waals surface area contributed by atoms with Gasteiger partial charge in [0.1, 0.15) is 11.1 Å². The van der Waals surface area contributed by atoms with E-state index in [2.05, 4.69) is 10.3 Å². The van der Waals surface area contributed by atoms with Crippen molar-refractivity contribution in [1.82, 2.24) is 4.98 Å². The Hall–Kier alpha value is -2.96. The number of aromatic nitrogens is 1. The Morgan fingerprint density at radius 1 is 1.33 bits per heavy atom. The molecule has 0 aliphatic carbocycles. The highest BCUT2D eigenvalue weighted by Gasteiger charge is 2.63. The Bertz CT molecular complexity index is 1190. The van der Waals surface area contributed by atoms with Crippen LogP contribution in [0.15, 0.2) is 35.5 Å². The Morgan fingerprint density at radius 3 is 2.58 bits per heavy atom. The second-order valence-corrected chi connectivity index (χ2v) is 10.00. The van der Waals surface area contributed by atoms with Gasteiger partial charge in [0.2, 0.25) is 11.7 Å². The number of carbonyl (C=O) groups excluding carboxylic acids is 1. The number of benzene rings is 1. The summed E-state index contributed by atoms with van der Waals surface area (Å²) >= 11 is 0. The number of halogens is 5. The molecule has 0 saturated carbocycles. The highest BCUT2D eigenvalue weighted by atomic mass is 32.2. The van der Waals surface area contributed by atoms with E-state index in [1.807, 2.05) is 0 Å². The SMILES string of the molecule is COc1c(N2CCC(C)(C(F)(F)F)[C@@H]2C(=O)Nc2ccnc([S@](C)(=N)=O)c2)ccc(F)c1F. The van der Waals surface area contributed by atoms with E-state index >= 15 is 0 Å². The first-order valence-corrected chi connectivity index (χ1v) is 11.5. The fourth-order valence-corrected chi connectivity index (χ4v) is 4.42. The predicted octanol–water partition coefficient (Wildman–Crippen LogP) is 4.19. The molecule has 1 fully saturated rings. The Labute approximate surface area is 186 Å². The van der Waals surface area contributed by atoms with Gasteiger partial charge in [-0.3, -0.25) is 4.79 Å². The molecule has 1 amide bonds. The fraction of sp³-hybridized carbons (Fsp3) is 0.400. The average Bonchev–Trinajstić information content (AvgIpc) is 3.08. The van der Waals surface area contributed by atoms with Crippen molar-refractivity contribution in [1.29, 1.82) is 4.78 Å². The van der Waals surface area contributed by atoms with Gasteiger partial charge in [0, 0.05) is 24.7 Å². The maximum Gasteiger partial charge on any atom is 0.396 e. The smallest absolute Gasteiger partial charge is 0.396 e. The van der Waals surface area contributed by atoms with Crippen molar-refractivity contribution in [2.24, 2.45) is 5.41 Å². The number of anilines is 2. The van der Waals surface area contributed by atoms with Gasteiger partial charge in [-0.2, -0.15) is 17.6 Å². The summed E-state index contributed by atoms with van der Waals surface area (Å²) in [4.78, 5) is 18.0. The number of carbonyl (C=O) groups is 1. The molecule has 7 nitrogen and oxygen atoms in total. The number of rotatable bonds is 5. The molecule has 0 spiro atoms. The first kappa shape index (κ1) is 24.7. The second-order valence-electron chi connectivity index (χ2n) is 7.89. The number of methoxy groups -OCH3 is 1. The molecule has 1 saturated heterocycles. The van der Waals surface area contributed by atoms with Gasteiger partial charge >= 0.3 is 6.18 Å². The van der Waals surface area contributed by atoms with Gasteiger partial charge in [-0.1, -0.05) is 0 Å². The van der Waals surface area contributed by atoms with Crippen LogP contribution in [0.1, 0.15) is 13.3 Å². The lowest BCUT2D eigenvalue weighted by Gasteiger charge is -2.36. The standard InChI is InChI=1S/C20H21F5N4O3S/c1-19(20(23,24)25)7-9-29(13-5-4-12(21)15(22)16(13)32-2)17(19)18(30)28-11-6-8-27-14(10-11)33(3,26)31/h4-6,8,10,17,26H,7,9H2,1-3H3,(H,27,28,30)/t17-,19?,33+/m0/s1. The maximum atomic E-state index is 14.3. The van der Waals surface area contributed by atoms with Crippen LogP contribution >= 0.6 is 0 Å². The highest BCUT2D eigenvalue weighted by Crippen LogP contribution is 2.52. The molecule has 0 bridgehead atoms. The van der Waals surface area contributed by atoms with Crippen molar-refractivity contribution < 1.29 is 35.7 Å². The molecule has 2 aromatic rings. The summed E-state index contributed by atoms with van der Waals surface area (Å²) in [5.74, 6) is -4.34. The third-order valence-corrected chi connectivity index (χ3v) is 6.65. The highest BCUT2D eigenvalue weighted by molar-refractivity contribution is 7.91. The molecular formula is C20H21F5N4O3S. The van der Waals surface area contributed by atoms with Crippen LogP contribution in [0.5, 0.6) is 5.75 Å². The number of nitrogens with zero attached hydrogens (tertiary/aromatic N) is 2. The van der Waals surface area contributed by atoms with E-state index in [1.54, 1.807) is 0 Å². The van der Waals surface area contributed by atoms with E-state index in [-0.39, 0.29) is 22.9 Å². The number of alkyl halides is 3. The van der Waals surface area contributed by atoms with E-state index in [0.717, 1.165) is 49.6 Å². The summed E-state index contributed by atoms with van der Waals surface area (Å²) in [5.41, 5.74) is -2.75. The Morgan fingerprint density at radius 2 is 2.00 bits per heavy atom. The summed E-state index contributed by atoms with van der Waals surface area (Å²) in [6, 6.07) is 2.34. The topological polar surface area (TPSA) is 95.4 Å². The van der Waals surface area contributed by atoms with Crippen LogP contribution in [0.2, 0.25) is 0 Å². The summed E-state index contributed by atoms with van der Waals surface area (Å²) in [6.45, 7) is 0.594. The van der Waals surface area contributed by atoms with Crippen LogP contribution in [0.3, 0.4) is 0 Å². The molecule has 1 aliphatic rings. The number of ether oxygens (including phenoxy) is 1. The molecule has 3 rings (SSSR count). The number of hydrogen-bond donors (Lipinski definition) is 2. The Kier molecular flexibility index (Phi) is 6.30. The summed E-state index contributed by atoms with van der Waals surface area (Å²) in [5, 5.41) is 2.19. The third kappa shape index (κ3) is 4.45. The lowest BCUT2D eigenvalue weighted by atomic mass is 9.81. The monoisotopic (exact) mass is 492 g/mol. The molecule has 1 aromatic carbocycles. The molecule has 33 heavy (non-hydrogen) atoms. The van der Waals surface area contributed by atoms with Gasteiger partial charge in [0.15, 0.2) is 11.6 Å². The Balaban J connectivity index is 2.08. The molecule has 180 valence electrons. The van der Waals surface area contributed by atoms with E-state index in [4.69, 9.17) is 9.52 Å². The molecular weight excluding hydrogens is 471 g/mol. The van der Waals surface area contributed by atoms with Crippen LogP contribution in [0.25, 0.3) is 0 Å². The van der Waals surface area contributed by atoms with Gasteiger partial charge in [0.05, 0.1) is 27.9 Å². The lowest BCUT2D eigenvalue weighted by molar-refractivity contribution is -0.218. The first-order chi connectivity index (χ1) is 15.2. The molecule has 2 heterocycles. The normalized spacial score (nSPS) is 22.7. The van der Waals surface area contributed by atoms with Gasteiger partial charge in [-0.05, 0) is 37.6 Å². The van der Waals surface area contributed by atoms with Crippen molar-refractivity contribution in [2.75, 3.05) is 30.1 Å². The van der Waals surface area contributed by atoms with Crippen molar-refractivity contribution in [3.63, 3.8) is 0 Å². The van der Waals surface area contributed by atoms with Gasteiger partial charge in [0.25, 0.3) is 0 Å². The van der Waals surface area contributed by atoms with Gasteiger partial charge in [-0.15, -0.1) is 0 Å². The number of amides is 1. The van der Waals surface area contributed by atoms with E-state index < -0.39 is 57.1 Å². The zero-order valence-electron chi connectivity index (χ0n) is 17.8. The van der Waals surface area contributed by atoms with E-state index in [1.165, 1.54) is 6.07 Å². The van der Waals surface area contributed by atoms with Crippen molar-refractivity contribution >= 4 is 27.0 Å². The van der Waals surface area contributed by atoms with E-state index in [0.29, 0.717) is 0 Å². The molecule has 1 aliphatic heterocycles. The van der Waals surface area contributed by atoms with Crippen molar-refractivity contribution in [3.8, 4) is 5.75 Å². The van der Waals surface area contributed by atoms with Gasteiger partial charge < -0.3 is 15.0 Å². The maximum absolute atomic E-state index is 14.3. The predicted molar refractivity (Wildman–Crippen MR) is 111 cm³/mol. The zero-order chi connectivity index (χ0) is 24.8. The minimum Gasteiger partial charge on any atom is -0.491 e. The average molecular weight is 492 g/mol. The van der Waals surface area contributed by atoms with E-state index in [9.17, 15) is 31.0 Å². The van der Waals surface area contributed by atoms with Crippen LogP contribution in [0.4, 0.5) is 33.3 Å². The first-order valence-electron chi connectivity index (χ1n) is 9.57. The number of nitrogens with one attached hydrogen (secondary N) is 2.